The van der Waals surface area contributed by atoms with E-state index in [9.17, 15) is 15.0 Å². The molecule has 0 saturated heterocycles. The minimum absolute atomic E-state index is 0.115. The highest BCUT2D eigenvalue weighted by atomic mass is 35.5. The summed E-state index contributed by atoms with van der Waals surface area (Å²) in [5.41, 5.74) is 4.80. The molecule has 7 heteroatoms. The van der Waals surface area contributed by atoms with Crippen LogP contribution < -0.4 is 0 Å². The predicted octanol–water partition coefficient (Wildman–Crippen LogP) is 3.59. The largest absolute Gasteiger partial charge is 0.507 e. The van der Waals surface area contributed by atoms with Gasteiger partial charge in [-0.05, 0) is 48.7 Å². The monoisotopic (exact) mass is 397 g/mol. The highest BCUT2D eigenvalue weighted by molar-refractivity contribution is 6.30. The number of carbonyl (C=O) groups excluding carboxylic acids is 1. The molecule has 0 bridgehead atoms. The quantitative estimate of drug-likeness (QED) is 0.627. The Morgan fingerprint density at radius 2 is 2.04 bits per heavy atom. The van der Waals surface area contributed by atoms with Gasteiger partial charge >= 0.3 is 0 Å². The van der Waals surface area contributed by atoms with Gasteiger partial charge in [-0.15, -0.1) is 0 Å². The molecule has 6 nitrogen and oxygen atoms in total. The van der Waals surface area contributed by atoms with Gasteiger partial charge in [0.2, 0.25) is 0 Å². The van der Waals surface area contributed by atoms with E-state index in [1.54, 1.807) is 23.1 Å². The zero-order valence-corrected chi connectivity index (χ0v) is 16.3. The summed E-state index contributed by atoms with van der Waals surface area (Å²) in [7, 11) is 0. The molecule has 0 fully saturated rings. The smallest absolute Gasteiger partial charge is 0.273 e. The highest BCUT2D eigenvalue weighted by Crippen LogP contribution is 2.45. The van der Waals surface area contributed by atoms with Crippen molar-refractivity contribution >= 4 is 17.5 Å². The molecule has 0 aliphatic carbocycles. The molecule has 1 aliphatic heterocycles. The minimum atomic E-state index is -0.456. The van der Waals surface area contributed by atoms with Crippen molar-refractivity contribution in [1.29, 1.82) is 0 Å². The van der Waals surface area contributed by atoms with Gasteiger partial charge in [-0.2, -0.15) is 5.10 Å². The van der Waals surface area contributed by atoms with E-state index in [1.807, 2.05) is 32.0 Å². The molecule has 2 aromatic carbocycles. The van der Waals surface area contributed by atoms with E-state index >= 15 is 0 Å². The number of aromatic hydroxyl groups is 1. The van der Waals surface area contributed by atoms with Gasteiger partial charge < -0.3 is 15.1 Å². The molecule has 1 unspecified atom stereocenters. The number of hydrogen-bond donors (Lipinski definition) is 3. The topological polar surface area (TPSA) is 89.5 Å². The number of nitrogens with zero attached hydrogens (tertiary/aromatic N) is 2. The summed E-state index contributed by atoms with van der Waals surface area (Å²) < 4.78 is 0. The van der Waals surface area contributed by atoms with Gasteiger partial charge in [0.1, 0.15) is 17.1 Å². The number of nitrogens with one attached hydrogen (secondary N) is 1. The molecule has 3 N–H and O–H groups in total. The molecule has 0 spiro atoms. The summed E-state index contributed by atoms with van der Waals surface area (Å²) in [5, 5.41) is 27.9. The van der Waals surface area contributed by atoms with E-state index in [-0.39, 0.29) is 24.8 Å². The number of H-pyrrole nitrogens is 1. The van der Waals surface area contributed by atoms with Crippen LogP contribution in [-0.4, -0.2) is 44.4 Å². The first-order chi connectivity index (χ1) is 13.4. The first-order valence-corrected chi connectivity index (χ1v) is 9.36. The van der Waals surface area contributed by atoms with Crippen molar-refractivity contribution in [2.75, 3.05) is 13.2 Å². The number of fused-ring (bicyclic) bond motifs is 1. The van der Waals surface area contributed by atoms with Crippen LogP contribution in [0, 0.1) is 13.8 Å². The van der Waals surface area contributed by atoms with Crippen molar-refractivity contribution in [2.45, 2.75) is 19.9 Å². The number of aromatic nitrogens is 2. The van der Waals surface area contributed by atoms with Crippen LogP contribution in [0.15, 0.2) is 36.4 Å². The second kappa shape index (κ2) is 6.96. The molecule has 2 heterocycles. The summed E-state index contributed by atoms with van der Waals surface area (Å²) in [4.78, 5) is 14.6. The number of phenols is 1. The van der Waals surface area contributed by atoms with Crippen LogP contribution in [0.3, 0.4) is 0 Å². The lowest BCUT2D eigenvalue weighted by Gasteiger charge is -2.26. The molecular weight excluding hydrogens is 378 g/mol. The van der Waals surface area contributed by atoms with Crippen LogP contribution in [0.4, 0.5) is 0 Å². The number of hydrogen-bond acceptors (Lipinski definition) is 4. The normalized spacial score (nSPS) is 15.9. The van der Waals surface area contributed by atoms with Crippen LogP contribution in [0.2, 0.25) is 5.02 Å². The van der Waals surface area contributed by atoms with Crippen molar-refractivity contribution in [3.8, 4) is 17.0 Å². The maximum atomic E-state index is 13.0. The molecule has 4 rings (SSSR count). The summed E-state index contributed by atoms with van der Waals surface area (Å²) in [5.74, 6) is -0.123. The molecule has 1 atom stereocenters. The van der Waals surface area contributed by atoms with Crippen molar-refractivity contribution in [1.82, 2.24) is 15.1 Å². The van der Waals surface area contributed by atoms with Gasteiger partial charge in [0, 0.05) is 22.7 Å². The average molecular weight is 398 g/mol. The van der Waals surface area contributed by atoms with E-state index in [0.717, 1.165) is 16.7 Å². The Hall–Kier alpha value is -2.83. The van der Waals surface area contributed by atoms with E-state index in [0.29, 0.717) is 27.5 Å². The second-order valence-corrected chi connectivity index (χ2v) is 7.45. The number of aromatic amines is 1. The summed E-state index contributed by atoms with van der Waals surface area (Å²) in [6.45, 7) is 3.83. The number of benzene rings is 2. The Balaban J connectivity index is 1.96. The van der Waals surface area contributed by atoms with Crippen molar-refractivity contribution < 1.29 is 15.0 Å². The van der Waals surface area contributed by atoms with Crippen LogP contribution in [0.5, 0.6) is 5.75 Å². The van der Waals surface area contributed by atoms with Gasteiger partial charge in [-0.3, -0.25) is 9.89 Å². The fourth-order valence-corrected chi connectivity index (χ4v) is 4.20. The number of aryl methyl sites for hydroxylation is 2. The van der Waals surface area contributed by atoms with Gasteiger partial charge in [-0.25, -0.2) is 0 Å². The van der Waals surface area contributed by atoms with Gasteiger partial charge in [0.25, 0.3) is 5.91 Å². The first-order valence-electron chi connectivity index (χ1n) is 8.98. The molecule has 28 heavy (non-hydrogen) atoms. The zero-order valence-electron chi connectivity index (χ0n) is 15.5. The number of amides is 1. The Kier molecular flexibility index (Phi) is 4.61. The van der Waals surface area contributed by atoms with E-state index < -0.39 is 6.04 Å². The number of β-amino-alcohol motifs (C(OH)–C–C–N with tert-alkyl or cyclic N) is 1. The fraction of sp³-hybridized carbons (Fsp3) is 0.238. The van der Waals surface area contributed by atoms with Crippen LogP contribution in [0.1, 0.15) is 38.8 Å². The summed E-state index contributed by atoms with van der Waals surface area (Å²) in [6, 6.07) is 10.5. The number of rotatable bonds is 4. The molecular formula is C21H20ClN3O3. The number of aliphatic hydroxyl groups is 1. The third-order valence-electron chi connectivity index (χ3n) is 5.06. The van der Waals surface area contributed by atoms with Crippen molar-refractivity contribution in [3.63, 3.8) is 0 Å². The Morgan fingerprint density at radius 3 is 2.71 bits per heavy atom. The SMILES string of the molecule is Cc1cc(C)c(-c2n[nH]c3c2C(c2cccc(Cl)c2)N(CCO)C3=O)c(O)c1. The molecule has 3 aromatic rings. The lowest BCUT2D eigenvalue weighted by molar-refractivity contribution is 0.0706. The summed E-state index contributed by atoms with van der Waals surface area (Å²) >= 11 is 6.19. The third-order valence-corrected chi connectivity index (χ3v) is 5.30. The minimum Gasteiger partial charge on any atom is -0.507 e. The molecule has 1 aromatic heterocycles. The highest BCUT2D eigenvalue weighted by Gasteiger charge is 2.42. The number of phenolic OH excluding ortho intramolecular Hbond substituents is 1. The standard InChI is InChI=1S/C21H20ClN3O3/c1-11-8-12(2)16(15(27)9-11)18-17-19(24-23-18)21(28)25(6-7-26)20(17)13-4-3-5-14(22)10-13/h3-5,8-10,20,26-27H,6-7H2,1-2H3,(H,23,24). The molecule has 0 radical (unpaired) electrons. The lowest BCUT2D eigenvalue weighted by Crippen LogP contribution is -2.32. The lowest BCUT2D eigenvalue weighted by atomic mass is 9.93. The molecule has 1 amide bonds. The maximum absolute atomic E-state index is 13.0. The Labute approximate surface area is 167 Å². The van der Waals surface area contributed by atoms with Gasteiger partial charge in [0.15, 0.2) is 0 Å². The maximum Gasteiger partial charge on any atom is 0.273 e. The van der Waals surface area contributed by atoms with E-state index in [2.05, 4.69) is 10.2 Å². The molecule has 0 saturated carbocycles. The first kappa shape index (κ1) is 18.5. The van der Waals surface area contributed by atoms with Gasteiger partial charge in [-0.1, -0.05) is 29.8 Å². The zero-order chi connectivity index (χ0) is 20.0. The van der Waals surface area contributed by atoms with E-state index in [1.165, 1.54) is 0 Å². The predicted molar refractivity (Wildman–Crippen MR) is 107 cm³/mol. The van der Waals surface area contributed by atoms with Crippen LogP contribution in [0.25, 0.3) is 11.3 Å². The Bertz CT molecular complexity index is 1050. The average Bonchev–Trinajstić information content (AvgIpc) is 3.15. The number of aliphatic hydroxyl groups excluding tert-OH is 1. The molecule has 144 valence electrons. The van der Waals surface area contributed by atoms with Crippen LogP contribution >= 0.6 is 11.6 Å². The number of carbonyl (C=O) groups is 1. The second-order valence-electron chi connectivity index (χ2n) is 7.02. The van der Waals surface area contributed by atoms with Crippen LogP contribution in [-0.2, 0) is 0 Å². The molecule has 1 aliphatic rings. The van der Waals surface area contributed by atoms with Crippen molar-refractivity contribution in [2.24, 2.45) is 0 Å². The number of halogens is 1. The van der Waals surface area contributed by atoms with E-state index in [4.69, 9.17) is 11.6 Å². The Morgan fingerprint density at radius 1 is 1.25 bits per heavy atom. The van der Waals surface area contributed by atoms with Crippen molar-refractivity contribution in [3.05, 3.63) is 69.4 Å². The third kappa shape index (κ3) is 2.85. The van der Waals surface area contributed by atoms with Gasteiger partial charge in [0.05, 0.1) is 12.6 Å². The fourth-order valence-electron chi connectivity index (χ4n) is 4.00. The summed E-state index contributed by atoms with van der Waals surface area (Å²) in [6.07, 6.45) is 0.